The smallest absolute Gasteiger partial charge is 0.311 e. The van der Waals surface area contributed by atoms with Crippen LogP contribution in [0.1, 0.15) is 24.4 Å². The second kappa shape index (κ2) is 4.27. The minimum Gasteiger partial charge on any atom is -0.481 e. The molecule has 2 N–H and O–H groups in total. The van der Waals surface area contributed by atoms with Crippen molar-refractivity contribution < 1.29 is 14.3 Å². The summed E-state index contributed by atoms with van der Waals surface area (Å²) in [5.41, 5.74) is -0.569. The number of hydrogen-bond acceptors (Lipinski definition) is 2. The lowest BCUT2D eigenvalue weighted by Crippen LogP contribution is -2.33. The van der Waals surface area contributed by atoms with Crippen molar-refractivity contribution in [1.82, 2.24) is 5.32 Å². The number of carboxylic acids is 1. The van der Waals surface area contributed by atoms with Crippen LogP contribution in [-0.4, -0.2) is 18.1 Å². The van der Waals surface area contributed by atoms with E-state index >= 15 is 0 Å². The Hall–Kier alpha value is -1.13. The van der Waals surface area contributed by atoms with Crippen LogP contribution in [0.5, 0.6) is 0 Å². The Bertz CT molecular complexity index is 460. The van der Waals surface area contributed by atoms with Gasteiger partial charge in [0.2, 0.25) is 0 Å². The summed E-state index contributed by atoms with van der Waals surface area (Å²) in [5.74, 6) is -1.32. The van der Waals surface area contributed by atoms with Crippen molar-refractivity contribution >= 4 is 17.6 Å². The van der Waals surface area contributed by atoms with E-state index in [-0.39, 0.29) is 0 Å². The van der Waals surface area contributed by atoms with Gasteiger partial charge in [-0.05, 0) is 38.1 Å². The van der Waals surface area contributed by atoms with Gasteiger partial charge in [0.1, 0.15) is 5.82 Å². The lowest BCUT2D eigenvalue weighted by molar-refractivity contribution is -0.144. The molecular formula is C12H13ClFNO2. The van der Waals surface area contributed by atoms with Gasteiger partial charge in [0, 0.05) is 10.6 Å². The molecule has 1 atom stereocenters. The van der Waals surface area contributed by atoms with E-state index in [0.29, 0.717) is 23.4 Å². The first-order valence-corrected chi connectivity index (χ1v) is 5.74. The summed E-state index contributed by atoms with van der Waals surface area (Å²) >= 11 is 5.83. The zero-order chi connectivity index (χ0) is 12.6. The summed E-state index contributed by atoms with van der Waals surface area (Å²) in [6.07, 6.45) is 1.11. The van der Waals surface area contributed by atoms with Crippen LogP contribution in [0.4, 0.5) is 4.39 Å². The molecule has 1 aliphatic rings. The Morgan fingerprint density at radius 1 is 1.59 bits per heavy atom. The van der Waals surface area contributed by atoms with Gasteiger partial charge in [-0.1, -0.05) is 11.6 Å². The van der Waals surface area contributed by atoms with Crippen LogP contribution in [0.25, 0.3) is 0 Å². The Morgan fingerprint density at radius 3 is 2.71 bits per heavy atom. The van der Waals surface area contributed by atoms with Crippen molar-refractivity contribution in [3.63, 3.8) is 0 Å². The zero-order valence-electron chi connectivity index (χ0n) is 9.34. The van der Waals surface area contributed by atoms with E-state index in [0.717, 1.165) is 0 Å². The third-order valence-corrected chi connectivity index (χ3v) is 3.56. The minimum atomic E-state index is -0.892. The standard InChI is InChI=1S/C12H13ClFNO2/c1-15-10(12(4-5-12)11(16)17)8-6-7(13)2-3-9(8)14/h2-3,6,10,15H,4-5H2,1H3,(H,16,17). The zero-order valence-corrected chi connectivity index (χ0v) is 10.1. The van der Waals surface area contributed by atoms with Crippen LogP contribution in [0.3, 0.4) is 0 Å². The van der Waals surface area contributed by atoms with Crippen LogP contribution in [-0.2, 0) is 4.79 Å². The predicted octanol–water partition coefficient (Wildman–Crippen LogP) is 2.60. The summed E-state index contributed by atoms with van der Waals surface area (Å²) in [4.78, 5) is 11.3. The summed E-state index contributed by atoms with van der Waals surface area (Å²) < 4.78 is 13.7. The van der Waals surface area contributed by atoms with Gasteiger partial charge in [0.25, 0.3) is 0 Å². The summed E-state index contributed by atoms with van der Waals surface area (Å²) in [7, 11) is 1.63. The highest BCUT2D eigenvalue weighted by Gasteiger charge is 2.56. The van der Waals surface area contributed by atoms with Gasteiger partial charge in [-0.2, -0.15) is 0 Å². The van der Waals surface area contributed by atoms with Crippen LogP contribution >= 0.6 is 11.6 Å². The molecule has 1 fully saturated rings. The normalized spacial score (nSPS) is 18.8. The molecule has 0 saturated heterocycles. The molecule has 1 aromatic rings. The molecule has 0 spiro atoms. The van der Waals surface area contributed by atoms with E-state index in [9.17, 15) is 14.3 Å². The topological polar surface area (TPSA) is 49.3 Å². The molecule has 0 radical (unpaired) electrons. The molecule has 2 rings (SSSR count). The fraction of sp³-hybridized carbons (Fsp3) is 0.417. The molecular weight excluding hydrogens is 245 g/mol. The van der Waals surface area contributed by atoms with Gasteiger partial charge in [-0.15, -0.1) is 0 Å². The second-order valence-electron chi connectivity index (χ2n) is 4.35. The molecule has 1 aromatic carbocycles. The maximum absolute atomic E-state index is 13.7. The first-order chi connectivity index (χ1) is 8.01. The Morgan fingerprint density at radius 2 is 2.24 bits per heavy atom. The van der Waals surface area contributed by atoms with Gasteiger partial charge in [0.05, 0.1) is 11.5 Å². The highest BCUT2D eigenvalue weighted by molar-refractivity contribution is 6.30. The van der Waals surface area contributed by atoms with Crippen molar-refractivity contribution in [2.75, 3.05) is 7.05 Å². The van der Waals surface area contributed by atoms with E-state index in [1.165, 1.54) is 18.2 Å². The van der Waals surface area contributed by atoms with E-state index in [1.54, 1.807) is 7.05 Å². The highest BCUT2D eigenvalue weighted by atomic mass is 35.5. The third-order valence-electron chi connectivity index (χ3n) is 3.32. The van der Waals surface area contributed by atoms with E-state index < -0.39 is 23.2 Å². The monoisotopic (exact) mass is 257 g/mol. The molecule has 3 nitrogen and oxygen atoms in total. The van der Waals surface area contributed by atoms with E-state index in [4.69, 9.17) is 11.6 Å². The van der Waals surface area contributed by atoms with E-state index in [1.807, 2.05) is 0 Å². The molecule has 0 amide bonds. The van der Waals surface area contributed by atoms with Gasteiger partial charge in [0.15, 0.2) is 0 Å². The third kappa shape index (κ3) is 2.03. The lowest BCUT2D eigenvalue weighted by atomic mass is 9.90. The van der Waals surface area contributed by atoms with Gasteiger partial charge in [-0.25, -0.2) is 4.39 Å². The minimum absolute atomic E-state index is 0.319. The Labute approximate surface area is 104 Å². The van der Waals surface area contributed by atoms with Crippen molar-refractivity contribution in [3.05, 3.63) is 34.6 Å². The largest absolute Gasteiger partial charge is 0.481 e. The van der Waals surface area contributed by atoms with Crippen LogP contribution in [0.15, 0.2) is 18.2 Å². The molecule has 1 saturated carbocycles. The molecule has 92 valence electrons. The summed E-state index contributed by atoms with van der Waals surface area (Å²) in [6.45, 7) is 0. The lowest BCUT2D eigenvalue weighted by Gasteiger charge is -2.24. The number of carboxylic acid groups (broad SMARTS) is 1. The molecule has 0 aliphatic heterocycles. The fourth-order valence-corrected chi connectivity index (χ4v) is 2.41. The SMILES string of the molecule is CNC(c1cc(Cl)ccc1F)C1(C(=O)O)CC1. The molecule has 1 unspecified atom stereocenters. The van der Waals surface area contributed by atoms with E-state index in [2.05, 4.69) is 5.32 Å². The van der Waals surface area contributed by atoms with Crippen molar-refractivity contribution in [3.8, 4) is 0 Å². The average Bonchev–Trinajstić information content (AvgIpc) is 3.06. The van der Waals surface area contributed by atoms with Crippen LogP contribution in [0, 0.1) is 11.2 Å². The van der Waals surface area contributed by atoms with Crippen LogP contribution in [0.2, 0.25) is 5.02 Å². The fourth-order valence-electron chi connectivity index (χ4n) is 2.23. The second-order valence-corrected chi connectivity index (χ2v) is 4.79. The average molecular weight is 258 g/mol. The number of benzene rings is 1. The van der Waals surface area contributed by atoms with Gasteiger partial charge < -0.3 is 10.4 Å². The number of nitrogens with one attached hydrogen (secondary N) is 1. The number of halogens is 2. The number of aliphatic carboxylic acids is 1. The van der Waals surface area contributed by atoms with Crippen LogP contribution < -0.4 is 5.32 Å². The predicted molar refractivity (Wildman–Crippen MR) is 62.5 cm³/mol. The number of rotatable bonds is 4. The van der Waals surface area contributed by atoms with Gasteiger partial charge in [-0.3, -0.25) is 4.79 Å². The maximum atomic E-state index is 13.7. The molecule has 0 bridgehead atoms. The molecule has 1 aliphatic carbocycles. The Balaban J connectivity index is 2.42. The first kappa shape index (κ1) is 12.3. The summed E-state index contributed by atoms with van der Waals surface area (Å²) in [6, 6.07) is 3.66. The highest BCUT2D eigenvalue weighted by Crippen LogP contribution is 2.55. The molecule has 0 heterocycles. The van der Waals surface area contributed by atoms with Crippen molar-refractivity contribution in [2.24, 2.45) is 5.41 Å². The molecule has 5 heteroatoms. The number of hydrogen-bond donors (Lipinski definition) is 2. The first-order valence-electron chi connectivity index (χ1n) is 5.37. The molecule has 17 heavy (non-hydrogen) atoms. The molecule has 0 aromatic heterocycles. The van der Waals surface area contributed by atoms with Crippen molar-refractivity contribution in [1.29, 1.82) is 0 Å². The maximum Gasteiger partial charge on any atom is 0.311 e. The Kier molecular flexibility index (Phi) is 3.10. The summed E-state index contributed by atoms with van der Waals surface area (Å²) in [5, 5.41) is 12.5. The quantitative estimate of drug-likeness (QED) is 0.872. The number of carbonyl (C=O) groups is 1. The van der Waals surface area contributed by atoms with Gasteiger partial charge >= 0.3 is 5.97 Å². The van der Waals surface area contributed by atoms with Crippen molar-refractivity contribution in [2.45, 2.75) is 18.9 Å².